The number of nitrogens with zero attached hydrogens (tertiary/aromatic N) is 1. The summed E-state index contributed by atoms with van der Waals surface area (Å²) < 4.78 is 1.02. The molecule has 0 saturated carbocycles. The smallest absolute Gasteiger partial charge is 0.142 e. The molecule has 2 aliphatic rings. The maximum Gasteiger partial charge on any atom is 0.142 e. The van der Waals surface area contributed by atoms with E-state index < -0.39 is 0 Å². The third-order valence-corrected chi connectivity index (χ3v) is 15.4. The third-order valence-electron chi connectivity index (χ3n) is 15.4. The van der Waals surface area contributed by atoms with Crippen molar-refractivity contribution < 1.29 is 0 Å². The second-order valence-corrected chi connectivity index (χ2v) is 20.3. The average molecular weight is 851 g/mol. The minimum atomic E-state index is 1.02. The summed E-state index contributed by atoms with van der Waals surface area (Å²) in [5, 5.41) is 0. The molecule has 0 aromatic heterocycles. The molecule has 0 radical (unpaired) electrons. The summed E-state index contributed by atoms with van der Waals surface area (Å²) in [5.74, 6) is 0. The maximum absolute atomic E-state index is 2.56. The first-order valence-electron chi connectivity index (χ1n) is 27.6. The summed E-state index contributed by atoms with van der Waals surface area (Å²) in [5.41, 5.74) is 15.3. The monoisotopic (exact) mass is 851 g/mol. The topological polar surface area (TPSA) is 0 Å². The number of quaternary nitrogens is 1. The van der Waals surface area contributed by atoms with Crippen molar-refractivity contribution in [2.75, 3.05) is 13.1 Å². The Labute approximate surface area is 388 Å². The number of hydrogen-bond donors (Lipinski definition) is 0. The molecule has 1 heteroatoms. The molecule has 1 nitrogen and oxygen atoms in total. The van der Waals surface area contributed by atoms with E-state index in [1.807, 2.05) is 0 Å². The molecule has 344 valence electrons. The Morgan fingerprint density at radius 1 is 0.286 bits per heavy atom. The Balaban J connectivity index is 1.08. The summed E-state index contributed by atoms with van der Waals surface area (Å²) in [6.45, 7) is 7.05. The minimum absolute atomic E-state index is 1.02. The van der Waals surface area contributed by atoms with Gasteiger partial charge >= 0.3 is 0 Å². The molecule has 0 amide bonds. The highest BCUT2D eigenvalue weighted by atomic mass is 15.4. The van der Waals surface area contributed by atoms with Crippen LogP contribution in [0.15, 0.2) is 84.9 Å². The Morgan fingerprint density at radius 3 is 0.873 bits per heavy atom. The largest absolute Gasteiger partial charge is 0.258 e. The molecule has 63 heavy (non-hydrogen) atoms. The fraction of sp³-hybridized carbons (Fsp3) is 0.613. The molecule has 0 atom stereocenters. The highest BCUT2D eigenvalue weighted by Gasteiger charge is 2.40. The molecule has 0 spiro atoms. The number of unbranched alkanes of at least 4 members (excludes halogenated alkanes) is 30. The standard InChI is InChI=1S/C62H92N/c1-3-5-7-9-11-13-15-17-19-21-23-25-27-29-31-37-49-63(61-47-39-45-57-55-43-35-33-41-53(55)51-59(57)61,62-48-40-46-58-56-44-36-34-42-54(56)52-60(58)62)50-38-32-30-28-26-24-22-20-18-16-14-12-10-8-6-4-2/h33-36,39-48H,3-32,37-38,49-52H2,1-2H3/q+1. The van der Waals surface area contributed by atoms with Crippen LogP contribution in [0.2, 0.25) is 0 Å². The van der Waals surface area contributed by atoms with Gasteiger partial charge in [-0.15, -0.1) is 0 Å². The third kappa shape index (κ3) is 14.9. The number of hydrogen-bond acceptors (Lipinski definition) is 0. The van der Waals surface area contributed by atoms with Crippen LogP contribution in [0.1, 0.15) is 242 Å². The average Bonchev–Trinajstić information content (AvgIpc) is 3.89. The molecule has 4 aromatic rings. The Kier molecular flexibility index (Phi) is 22.4. The zero-order chi connectivity index (χ0) is 43.6. The van der Waals surface area contributed by atoms with Gasteiger partial charge in [-0.1, -0.05) is 266 Å². The molecule has 0 bridgehead atoms. The number of rotatable bonds is 36. The van der Waals surface area contributed by atoms with Crippen LogP contribution < -0.4 is 4.48 Å². The van der Waals surface area contributed by atoms with Crippen LogP contribution in [0.5, 0.6) is 0 Å². The normalized spacial score (nSPS) is 12.7. The quantitative estimate of drug-likeness (QED) is 0.0273. The second kappa shape index (κ2) is 28.7. The predicted octanol–water partition coefficient (Wildman–Crippen LogP) is 20.0. The van der Waals surface area contributed by atoms with E-state index in [9.17, 15) is 0 Å². The van der Waals surface area contributed by atoms with Crippen molar-refractivity contribution in [1.82, 2.24) is 4.48 Å². The van der Waals surface area contributed by atoms with E-state index in [0.717, 1.165) is 17.3 Å². The molecule has 0 fully saturated rings. The van der Waals surface area contributed by atoms with Gasteiger partial charge in [-0.25, -0.2) is 0 Å². The van der Waals surface area contributed by atoms with Gasteiger partial charge in [0.2, 0.25) is 0 Å². The van der Waals surface area contributed by atoms with E-state index in [1.165, 1.54) is 252 Å². The van der Waals surface area contributed by atoms with E-state index in [4.69, 9.17) is 0 Å². The maximum atomic E-state index is 2.56. The van der Waals surface area contributed by atoms with Crippen molar-refractivity contribution in [3.05, 3.63) is 107 Å². The van der Waals surface area contributed by atoms with E-state index in [-0.39, 0.29) is 0 Å². The molecule has 0 saturated heterocycles. The van der Waals surface area contributed by atoms with Crippen molar-refractivity contribution in [3.8, 4) is 22.3 Å². The van der Waals surface area contributed by atoms with Crippen LogP contribution in [-0.2, 0) is 12.8 Å². The van der Waals surface area contributed by atoms with Crippen molar-refractivity contribution in [3.63, 3.8) is 0 Å². The first kappa shape index (κ1) is 49.3. The van der Waals surface area contributed by atoms with Gasteiger partial charge < -0.3 is 0 Å². The molecule has 4 aromatic carbocycles. The van der Waals surface area contributed by atoms with Gasteiger partial charge in [0.15, 0.2) is 0 Å². The Hall–Kier alpha value is -3.16. The summed E-state index contributed by atoms with van der Waals surface area (Å²) >= 11 is 0. The van der Waals surface area contributed by atoms with Crippen LogP contribution in [-0.4, -0.2) is 13.1 Å². The fourth-order valence-corrected chi connectivity index (χ4v) is 11.7. The molecule has 0 heterocycles. The lowest BCUT2D eigenvalue weighted by atomic mass is 9.96. The molecule has 6 rings (SSSR count). The van der Waals surface area contributed by atoms with Crippen LogP contribution in [0.4, 0.5) is 11.4 Å². The van der Waals surface area contributed by atoms with Gasteiger partial charge in [0.1, 0.15) is 11.4 Å². The lowest BCUT2D eigenvalue weighted by Crippen LogP contribution is -2.47. The SMILES string of the molecule is CCCCCCCCCCCCCCCCCC[N+](CCCCCCCCCCCCCCCCCC)(c1cccc2c1Cc1ccccc1-2)c1cccc2c1Cc1ccccc1-2. The van der Waals surface area contributed by atoms with E-state index in [0.29, 0.717) is 0 Å². The van der Waals surface area contributed by atoms with Gasteiger partial charge in [-0.3, -0.25) is 4.48 Å². The van der Waals surface area contributed by atoms with Gasteiger partial charge in [0, 0.05) is 24.0 Å². The van der Waals surface area contributed by atoms with E-state index in [2.05, 4.69) is 98.8 Å². The molecular formula is C62H92N+. The van der Waals surface area contributed by atoms with Gasteiger partial charge in [0.25, 0.3) is 0 Å². The lowest BCUT2D eigenvalue weighted by molar-refractivity contribution is 0.351. The van der Waals surface area contributed by atoms with Crippen LogP contribution in [0, 0.1) is 0 Å². The van der Waals surface area contributed by atoms with Crippen molar-refractivity contribution in [2.24, 2.45) is 0 Å². The summed E-state index contributed by atoms with van der Waals surface area (Å²) in [6, 6.07) is 33.3. The molecular weight excluding hydrogens is 759 g/mol. The second-order valence-electron chi connectivity index (χ2n) is 20.3. The summed E-state index contributed by atoms with van der Waals surface area (Å²) in [7, 11) is 0. The first-order valence-corrected chi connectivity index (χ1v) is 27.6. The number of fused-ring (bicyclic) bond motifs is 6. The molecule has 0 N–H and O–H groups in total. The zero-order valence-corrected chi connectivity index (χ0v) is 41.0. The molecule has 0 aliphatic heterocycles. The molecule has 2 aliphatic carbocycles. The number of benzene rings is 4. The van der Waals surface area contributed by atoms with Crippen molar-refractivity contribution >= 4 is 11.4 Å². The van der Waals surface area contributed by atoms with Gasteiger partial charge in [0.05, 0.1) is 13.1 Å². The van der Waals surface area contributed by atoms with E-state index >= 15 is 0 Å². The first-order chi connectivity index (χ1) is 31.3. The highest BCUT2D eigenvalue weighted by Crippen LogP contribution is 2.51. The van der Waals surface area contributed by atoms with Crippen molar-refractivity contribution in [1.29, 1.82) is 0 Å². The van der Waals surface area contributed by atoms with Gasteiger partial charge in [-0.2, -0.15) is 0 Å². The predicted molar refractivity (Wildman–Crippen MR) is 280 cm³/mol. The van der Waals surface area contributed by atoms with E-state index in [1.54, 1.807) is 22.5 Å². The molecule has 0 unspecified atom stereocenters. The van der Waals surface area contributed by atoms with Crippen LogP contribution >= 0.6 is 0 Å². The highest BCUT2D eigenvalue weighted by molar-refractivity contribution is 5.86. The van der Waals surface area contributed by atoms with Crippen LogP contribution in [0.3, 0.4) is 0 Å². The minimum Gasteiger partial charge on any atom is -0.258 e. The van der Waals surface area contributed by atoms with Crippen molar-refractivity contribution in [2.45, 2.75) is 232 Å². The summed E-state index contributed by atoms with van der Waals surface area (Å²) in [6.07, 6.45) is 47.5. The fourth-order valence-electron chi connectivity index (χ4n) is 11.7. The zero-order valence-electron chi connectivity index (χ0n) is 41.0. The summed E-state index contributed by atoms with van der Waals surface area (Å²) in [4.78, 5) is 0. The Morgan fingerprint density at radius 2 is 0.556 bits per heavy atom. The van der Waals surface area contributed by atoms with Crippen LogP contribution in [0.25, 0.3) is 22.3 Å². The van der Waals surface area contributed by atoms with Gasteiger partial charge in [-0.05, 0) is 71.2 Å². The lowest BCUT2D eigenvalue weighted by Gasteiger charge is -2.41. The Bertz CT molecular complexity index is 1710.